The van der Waals surface area contributed by atoms with Crippen LogP contribution in [0.25, 0.3) is 0 Å². The van der Waals surface area contributed by atoms with Crippen LogP contribution in [0.5, 0.6) is 0 Å². The summed E-state index contributed by atoms with van der Waals surface area (Å²) in [6.07, 6.45) is 9.84. The lowest BCUT2D eigenvalue weighted by Crippen LogP contribution is -2.54. The van der Waals surface area contributed by atoms with Crippen molar-refractivity contribution in [1.29, 1.82) is 0 Å². The van der Waals surface area contributed by atoms with Crippen molar-refractivity contribution in [2.75, 3.05) is 0 Å². The van der Waals surface area contributed by atoms with Crippen LogP contribution in [0.3, 0.4) is 0 Å². The number of rotatable bonds is 4. The minimum atomic E-state index is -0.394. The molecule has 0 unspecified atom stereocenters. The number of hydrogen-bond acceptors (Lipinski definition) is 6. The lowest BCUT2D eigenvalue weighted by Gasteiger charge is -2.58. The van der Waals surface area contributed by atoms with Crippen LogP contribution in [-0.4, -0.2) is 35.5 Å². The number of fused-ring (bicyclic) bond motifs is 7. The first-order chi connectivity index (χ1) is 17.2. The van der Waals surface area contributed by atoms with Gasteiger partial charge in [0, 0.05) is 18.8 Å². The second-order valence-electron chi connectivity index (χ2n) is 12.2. The highest BCUT2D eigenvalue weighted by molar-refractivity contribution is 5.95. The minimum Gasteiger partial charge on any atom is -0.458 e. The molecule has 1 heterocycles. The average molecular weight is 492 g/mol. The molecule has 0 amide bonds. The van der Waals surface area contributed by atoms with Crippen molar-refractivity contribution >= 4 is 17.7 Å². The predicted octanol–water partition coefficient (Wildman–Crippen LogP) is 5.86. The number of epoxide rings is 1. The topological polar surface area (TPSA) is 77.5 Å². The lowest BCUT2D eigenvalue weighted by molar-refractivity contribution is -0.141. The quantitative estimate of drug-likeness (QED) is 0.132. The van der Waals surface area contributed by atoms with E-state index in [1.807, 2.05) is 37.3 Å². The normalized spacial score (nSPS) is 42.7. The monoisotopic (exact) mass is 491 g/mol. The van der Waals surface area contributed by atoms with Crippen molar-refractivity contribution in [2.45, 2.75) is 90.4 Å². The molecule has 0 aromatic heterocycles. The van der Waals surface area contributed by atoms with E-state index in [9.17, 15) is 9.59 Å². The summed E-state index contributed by atoms with van der Waals surface area (Å²) in [5.74, 6) is 1.22. The Morgan fingerprint density at radius 3 is 2.58 bits per heavy atom. The first kappa shape index (κ1) is 23.9. The molecule has 36 heavy (non-hydrogen) atoms. The maximum Gasteiger partial charge on any atom is 0.338 e. The highest BCUT2D eigenvalue weighted by Gasteiger charge is 2.78. The van der Waals surface area contributed by atoms with E-state index in [-0.39, 0.29) is 34.6 Å². The van der Waals surface area contributed by atoms with E-state index in [1.54, 1.807) is 0 Å². The van der Waals surface area contributed by atoms with E-state index in [2.05, 4.69) is 25.1 Å². The number of nitrogens with zero attached hydrogens (tertiary/aromatic N) is 1. The van der Waals surface area contributed by atoms with Gasteiger partial charge in [-0.05, 0) is 80.8 Å². The molecule has 1 aromatic carbocycles. The molecular formula is C30H37NO5. The third kappa shape index (κ3) is 3.36. The van der Waals surface area contributed by atoms with Crippen molar-refractivity contribution in [3.63, 3.8) is 0 Å². The smallest absolute Gasteiger partial charge is 0.338 e. The molecule has 5 aliphatic rings. The summed E-state index contributed by atoms with van der Waals surface area (Å²) in [5, 5.41) is 4.18. The van der Waals surface area contributed by atoms with Gasteiger partial charge in [0.15, 0.2) is 0 Å². The van der Waals surface area contributed by atoms with Crippen molar-refractivity contribution in [3.05, 3.63) is 47.5 Å². The van der Waals surface area contributed by atoms with E-state index in [4.69, 9.17) is 14.3 Å². The molecule has 6 rings (SSSR count). The lowest BCUT2D eigenvalue weighted by atomic mass is 9.47. The number of carbonyl (C=O) groups is 2. The first-order valence-corrected chi connectivity index (χ1v) is 13.5. The Kier molecular flexibility index (Phi) is 5.49. The number of esters is 1. The number of benzene rings is 1. The van der Waals surface area contributed by atoms with Crippen LogP contribution in [0.15, 0.2) is 47.1 Å². The molecule has 1 aliphatic heterocycles. The number of oxime groups is 1. The molecule has 8 atom stereocenters. The zero-order valence-electron chi connectivity index (χ0n) is 21.8. The molecule has 0 spiro atoms. The molecule has 1 saturated heterocycles. The van der Waals surface area contributed by atoms with E-state index in [0.717, 1.165) is 44.2 Å². The Labute approximate surface area is 213 Å². The third-order valence-corrected chi connectivity index (χ3v) is 10.6. The molecule has 0 radical (unpaired) electrons. The molecule has 4 aliphatic carbocycles. The second kappa shape index (κ2) is 8.27. The summed E-state index contributed by atoms with van der Waals surface area (Å²) in [7, 11) is 0. The van der Waals surface area contributed by atoms with Crippen LogP contribution in [0.2, 0.25) is 0 Å². The average Bonchev–Trinajstić information content (AvgIpc) is 3.54. The molecule has 6 nitrogen and oxygen atoms in total. The zero-order chi connectivity index (χ0) is 25.3. The van der Waals surface area contributed by atoms with E-state index < -0.39 is 5.97 Å². The maximum atomic E-state index is 12.7. The fraction of sp³-hybridized carbons (Fsp3) is 0.633. The third-order valence-electron chi connectivity index (χ3n) is 10.6. The Morgan fingerprint density at radius 1 is 1.06 bits per heavy atom. The van der Waals surface area contributed by atoms with Crippen molar-refractivity contribution in [2.24, 2.45) is 33.7 Å². The Bertz CT molecular complexity index is 1140. The fourth-order valence-corrected chi connectivity index (χ4v) is 8.81. The van der Waals surface area contributed by atoms with Gasteiger partial charge in [-0.25, -0.2) is 9.59 Å². The highest BCUT2D eigenvalue weighted by Crippen LogP contribution is 2.73. The van der Waals surface area contributed by atoms with E-state index in [0.29, 0.717) is 23.3 Å². The predicted molar refractivity (Wildman–Crippen MR) is 135 cm³/mol. The zero-order valence-corrected chi connectivity index (χ0v) is 21.8. The molecular weight excluding hydrogens is 454 g/mol. The van der Waals surface area contributed by atoms with Gasteiger partial charge in [0.1, 0.15) is 11.7 Å². The molecule has 6 heteroatoms. The number of allylic oxidation sites excluding steroid dienone is 1. The summed E-state index contributed by atoms with van der Waals surface area (Å²) in [6.45, 7) is 8.19. The van der Waals surface area contributed by atoms with Gasteiger partial charge in [0.25, 0.3) is 0 Å². The molecule has 4 fully saturated rings. The van der Waals surface area contributed by atoms with E-state index >= 15 is 0 Å². The molecule has 0 N–H and O–H groups in total. The van der Waals surface area contributed by atoms with Gasteiger partial charge in [0.05, 0.1) is 17.4 Å². The number of carbonyl (C=O) groups excluding carboxylic acids is 2. The van der Waals surface area contributed by atoms with Gasteiger partial charge in [-0.1, -0.05) is 48.9 Å². The second-order valence-corrected chi connectivity index (χ2v) is 12.2. The largest absolute Gasteiger partial charge is 0.458 e. The summed E-state index contributed by atoms with van der Waals surface area (Å²) >= 11 is 0. The van der Waals surface area contributed by atoms with Crippen LogP contribution in [0.4, 0.5) is 0 Å². The maximum absolute atomic E-state index is 12.7. The molecule has 3 saturated carbocycles. The number of ether oxygens (including phenoxy) is 2. The van der Waals surface area contributed by atoms with Crippen LogP contribution in [0, 0.1) is 28.6 Å². The summed E-state index contributed by atoms with van der Waals surface area (Å²) in [5.41, 5.74) is 2.72. The Balaban J connectivity index is 1.20. The van der Waals surface area contributed by atoms with Crippen molar-refractivity contribution in [3.8, 4) is 0 Å². The minimum absolute atomic E-state index is 0.0106. The van der Waals surface area contributed by atoms with Gasteiger partial charge < -0.3 is 14.3 Å². The van der Waals surface area contributed by atoms with Crippen molar-refractivity contribution < 1.29 is 23.9 Å². The summed E-state index contributed by atoms with van der Waals surface area (Å²) in [4.78, 5) is 29.0. The van der Waals surface area contributed by atoms with Gasteiger partial charge in [-0.2, -0.15) is 0 Å². The van der Waals surface area contributed by atoms with Crippen molar-refractivity contribution in [1.82, 2.24) is 0 Å². The summed E-state index contributed by atoms with van der Waals surface area (Å²) < 4.78 is 12.3. The van der Waals surface area contributed by atoms with Crippen LogP contribution in [-0.2, 0) is 19.1 Å². The van der Waals surface area contributed by atoms with Gasteiger partial charge >= 0.3 is 11.9 Å². The standard InChI is InChI=1S/C30H37NO5/c1-18(31-36-19(2)32)30-26(35-30)17-25-23-11-10-21-16-22(34-27(33)20-8-6-5-7-9-20)12-14-28(21,3)24(23)13-15-29(25,30)4/h5-10,22-26H,11-17H2,1-4H3/t22-,23-,24-,25-,26+,28-,29-,30+/m0/s1. The Morgan fingerprint density at radius 2 is 1.83 bits per heavy atom. The van der Waals surface area contributed by atoms with Crippen LogP contribution in [0.1, 0.15) is 83.0 Å². The first-order valence-electron chi connectivity index (χ1n) is 13.5. The fourth-order valence-electron chi connectivity index (χ4n) is 8.81. The number of hydrogen-bond donors (Lipinski definition) is 0. The van der Waals surface area contributed by atoms with Gasteiger partial charge in [0.2, 0.25) is 0 Å². The Hall–Kier alpha value is -2.47. The van der Waals surface area contributed by atoms with Gasteiger partial charge in [-0.3, -0.25) is 0 Å². The SMILES string of the molecule is CC(=O)ON=C(C)[C@@]12O[C@@H]1C[C@H]1[C@H]3CC=C4C[C@@H](OC(=O)c5ccccc5)CC[C@]4(C)[C@H]3CC[C@@]12C. The molecule has 192 valence electrons. The summed E-state index contributed by atoms with van der Waals surface area (Å²) in [6, 6.07) is 9.30. The van der Waals surface area contributed by atoms with Crippen LogP contribution < -0.4 is 0 Å². The van der Waals surface area contributed by atoms with Crippen LogP contribution >= 0.6 is 0 Å². The van der Waals surface area contributed by atoms with E-state index in [1.165, 1.54) is 18.9 Å². The highest BCUT2D eigenvalue weighted by atomic mass is 16.7. The molecule has 1 aromatic rings. The molecule has 0 bridgehead atoms. The van der Waals surface area contributed by atoms with Gasteiger partial charge in [-0.15, -0.1) is 0 Å².